The average Bonchev–Trinajstić information content (AvgIpc) is 2.61. The van der Waals surface area contributed by atoms with Gasteiger partial charge in [-0.05, 0) is 30.5 Å². The predicted molar refractivity (Wildman–Crippen MR) is 101 cm³/mol. The fourth-order valence-corrected chi connectivity index (χ4v) is 2.96. The van der Waals surface area contributed by atoms with Crippen molar-refractivity contribution in [1.82, 2.24) is 20.9 Å². The number of rotatable bonds is 5. The number of aliphatic imine (C=N–C) groups is 1. The van der Waals surface area contributed by atoms with Gasteiger partial charge in [-0.1, -0.05) is 28.1 Å². The average molecular weight is 396 g/mol. The van der Waals surface area contributed by atoms with Crippen LogP contribution in [-0.2, 0) is 11.3 Å². The maximum Gasteiger partial charge on any atom is 0.233 e. The van der Waals surface area contributed by atoms with Gasteiger partial charge in [0, 0.05) is 44.2 Å². The van der Waals surface area contributed by atoms with Gasteiger partial charge in [-0.25, -0.2) is 0 Å². The summed E-state index contributed by atoms with van der Waals surface area (Å²) < 4.78 is 1.08. The third kappa shape index (κ3) is 6.13. The van der Waals surface area contributed by atoms with Crippen LogP contribution < -0.4 is 16.0 Å². The second kappa shape index (κ2) is 9.64. The number of nitrogens with zero attached hydrogens (tertiary/aromatic N) is 2. The fourth-order valence-electron chi connectivity index (χ4n) is 2.69. The van der Waals surface area contributed by atoms with Crippen molar-refractivity contribution in [1.29, 1.82) is 0 Å². The SMILES string of the molecule is CN=C(NCc1ccc(Br)cc1)NC1CCN(CC(=O)NC)CC1. The van der Waals surface area contributed by atoms with Crippen LogP contribution in [0.25, 0.3) is 0 Å². The zero-order valence-electron chi connectivity index (χ0n) is 14.3. The minimum absolute atomic E-state index is 0.0772. The van der Waals surface area contributed by atoms with E-state index in [1.54, 1.807) is 14.1 Å². The van der Waals surface area contributed by atoms with Gasteiger partial charge in [-0.3, -0.25) is 14.7 Å². The van der Waals surface area contributed by atoms with Gasteiger partial charge in [0.25, 0.3) is 0 Å². The number of amides is 1. The molecule has 6 nitrogen and oxygen atoms in total. The molecule has 132 valence electrons. The summed E-state index contributed by atoms with van der Waals surface area (Å²) in [5.74, 6) is 0.899. The summed E-state index contributed by atoms with van der Waals surface area (Å²) in [6.45, 7) is 3.08. The van der Waals surface area contributed by atoms with Crippen LogP contribution in [-0.4, -0.2) is 56.5 Å². The molecule has 1 fully saturated rings. The number of hydrogen-bond acceptors (Lipinski definition) is 3. The lowest BCUT2D eigenvalue weighted by atomic mass is 10.1. The number of carbonyl (C=O) groups excluding carboxylic acids is 1. The molecular weight excluding hydrogens is 370 g/mol. The van der Waals surface area contributed by atoms with E-state index in [2.05, 4.69) is 53.9 Å². The number of piperidine rings is 1. The second-order valence-corrected chi connectivity index (χ2v) is 6.84. The largest absolute Gasteiger partial charge is 0.358 e. The van der Waals surface area contributed by atoms with Gasteiger partial charge in [0.2, 0.25) is 5.91 Å². The Labute approximate surface area is 152 Å². The molecule has 0 saturated carbocycles. The van der Waals surface area contributed by atoms with Crippen LogP contribution in [0.2, 0.25) is 0 Å². The Morgan fingerprint density at radius 3 is 2.54 bits per heavy atom. The summed E-state index contributed by atoms with van der Waals surface area (Å²) >= 11 is 3.44. The van der Waals surface area contributed by atoms with Crippen molar-refractivity contribution in [2.75, 3.05) is 33.7 Å². The Morgan fingerprint density at radius 1 is 1.29 bits per heavy atom. The van der Waals surface area contributed by atoms with Crippen LogP contribution in [0.4, 0.5) is 0 Å². The van der Waals surface area contributed by atoms with E-state index in [1.165, 1.54) is 5.56 Å². The maximum absolute atomic E-state index is 11.4. The van der Waals surface area contributed by atoms with Gasteiger partial charge in [0.15, 0.2) is 5.96 Å². The van der Waals surface area contributed by atoms with E-state index >= 15 is 0 Å². The van der Waals surface area contributed by atoms with Crippen LogP contribution in [0.15, 0.2) is 33.7 Å². The summed E-state index contributed by atoms with van der Waals surface area (Å²) in [5.41, 5.74) is 1.21. The first-order chi connectivity index (χ1) is 11.6. The van der Waals surface area contributed by atoms with Gasteiger partial charge in [0.1, 0.15) is 0 Å². The molecule has 1 aliphatic heterocycles. The van der Waals surface area contributed by atoms with Crippen molar-refractivity contribution in [3.63, 3.8) is 0 Å². The molecule has 1 saturated heterocycles. The quantitative estimate of drug-likeness (QED) is 0.519. The number of likely N-dealkylation sites (N-methyl/N-ethyl adjacent to an activating group) is 1. The lowest BCUT2D eigenvalue weighted by Crippen LogP contribution is -2.49. The molecule has 24 heavy (non-hydrogen) atoms. The van der Waals surface area contributed by atoms with Crippen molar-refractivity contribution >= 4 is 27.8 Å². The fraction of sp³-hybridized carbons (Fsp3) is 0.529. The molecule has 1 aromatic rings. The summed E-state index contributed by atoms with van der Waals surface area (Å²) in [7, 11) is 3.47. The highest BCUT2D eigenvalue weighted by molar-refractivity contribution is 9.10. The van der Waals surface area contributed by atoms with Gasteiger partial charge in [-0.2, -0.15) is 0 Å². The third-order valence-corrected chi connectivity index (χ3v) is 4.70. The van der Waals surface area contributed by atoms with E-state index in [9.17, 15) is 4.79 Å². The monoisotopic (exact) mass is 395 g/mol. The highest BCUT2D eigenvalue weighted by Crippen LogP contribution is 2.11. The predicted octanol–water partition coefficient (Wildman–Crippen LogP) is 1.32. The summed E-state index contributed by atoms with van der Waals surface area (Å²) in [4.78, 5) is 17.9. The van der Waals surface area contributed by atoms with Crippen molar-refractivity contribution in [2.24, 2.45) is 4.99 Å². The number of carbonyl (C=O) groups is 1. The molecule has 0 aromatic heterocycles. The molecule has 1 aliphatic rings. The number of likely N-dealkylation sites (tertiary alicyclic amines) is 1. The van der Waals surface area contributed by atoms with Crippen LogP contribution in [0.1, 0.15) is 18.4 Å². The highest BCUT2D eigenvalue weighted by Gasteiger charge is 2.21. The number of halogens is 1. The van der Waals surface area contributed by atoms with E-state index in [1.807, 2.05) is 12.1 Å². The first kappa shape index (κ1) is 18.7. The first-order valence-corrected chi connectivity index (χ1v) is 9.04. The van der Waals surface area contributed by atoms with Crippen molar-refractivity contribution in [2.45, 2.75) is 25.4 Å². The number of hydrogen-bond donors (Lipinski definition) is 3. The van der Waals surface area contributed by atoms with Crippen LogP contribution in [0, 0.1) is 0 Å². The van der Waals surface area contributed by atoms with Crippen LogP contribution in [0.3, 0.4) is 0 Å². The molecule has 1 heterocycles. The minimum Gasteiger partial charge on any atom is -0.358 e. The molecule has 2 rings (SSSR count). The second-order valence-electron chi connectivity index (χ2n) is 5.92. The molecule has 7 heteroatoms. The molecule has 1 amide bonds. The Bertz CT molecular complexity index is 553. The van der Waals surface area contributed by atoms with Gasteiger partial charge >= 0.3 is 0 Å². The van der Waals surface area contributed by atoms with Gasteiger partial charge < -0.3 is 16.0 Å². The van der Waals surface area contributed by atoms with Crippen molar-refractivity contribution < 1.29 is 4.79 Å². The Morgan fingerprint density at radius 2 is 1.96 bits per heavy atom. The van der Waals surface area contributed by atoms with E-state index in [0.717, 1.165) is 42.9 Å². The Balaban J connectivity index is 1.73. The van der Waals surface area contributed by atoms with E-state index in [-0.39, 0.29) is 5.91 Å². The molecule has 0 radical (unpaired) electrons. The van der Waals surface area contributed by atoms with Gasteiger partial charge in [-0.15, -0.1) is 0 Å². The Kier molecular flexibility index (Phi) is 7.52. The molecule has 3 N–H and O–H groups in total. The molecular formula is C17H26BrN5O. The molecule has 0 unspecified atom stereocenters. The summed E-state index contributed by atoms with van der Waals surface area (Å²) in [5, 5.41) is 9.50. The summed E-state index contributed by atoms with van der Waals surface area (Å²) in [6, 6.07) is 8.63. The van der Waals surface area contributed by atoms with Gasteiger partial charge in [0.05, 0.1) is 6.54 Å². The highest BCUT2D eigenvalue weighted by atomic mass is 79.9. The molecule has 1 aromatic carbocycles. The number of nitrogens with one attached hydrogen (secondary N) is 3. The number of benzene rings is 1. The molecule has 0 atom stereocenters. The molecule has 0 aliphatic carbocycles. The number of guanidine groups is 1. The van der Waals surface area contributed by atoms with E-state index < -0.39 is 0 Å². The van der Waals surface area contributed by atoms with Crippen molar-refractivity contribution in [3.05, 3.63) is 34.3 Å². The zero-order chi connectivity index (χ0) is 17.4. The topological polar surface area (TPSA) is 68.8 Å². The Hall–Kier alpha value is -1.60. The maximum atomic E-state index is 11.4. The summed E-state index contributed by atoms with van der Waals surface area (Å²) in [6.07, 6.45) is 2.02. The van der Waals surface area contributed by atoms with Crippen LogP contribution >= 0.6 is 15.9 Å². The lowest BCUT2D eigenvalue weighted by Gasteiger charge is -2.32. The smallest absolute Gasteiger partial charge is 0.233 e. The lowest BCUT2D eigenvalue weighted by molar-refractivity contribution is -0.122. The zero-order valence-corrected chi connectivity index (χ0v) is 15.9. The minimum atomic E-state index is 0.0772. The van der Waals surface area contributed by atoms with Crippen molar-refractivity contribution in [3.8, 4) is 0 Å². The first-order valence-electron chi connectivity index (χ1n) is 8.25. The standard InChI is InChI=1S/C17H26BrN5O/c1-19-16(24)12-23-9-7-15(8-10-23)22-17(20-2)21-11-13-3-5-14(18)6-4-13/h3-6,15H,7-12H2,1-2H3,(H,19,24)(H2,20,21,22). The van der Waals surface area contributed by atoms with E-state index in [0.29, 0.717) is 12.6 Å². The molecule has 0 bridgehead atoms. The van der Waals surface area contributed by atoms with Crippen LogP contribution in [0.5, 0.6) is 0 Å². The normalized spacial score (nSPS) is 16.7. The van der Waals surface area contributed by atoms with E-state index in [4.69, 9.17) is 0 Å². The molecule has 0 spiro atoms. The third-order valence-electron chi connectivity index (χ3n) is 4.17.